The van der Waals surface area contributed by atoms with Gasteiger partial charge in [-0.1, -0.05) is 33.3 Å². The SMILES string of the molecule is CC(=O)OCC#CCBr.[C-]#[N+]C(C#N)=C1CC2CCC(C1)C2. The van der Waals surface area contributed by atoms with Gasteiger partial charge in [-0.3, -0.25) is 4.79 Å². The van der Waals surface area contributed by atoms with E-state index >= 15 is 0 Å². The first-order chi connectivity index (χ1) is 10.6. The van der Waals surface area contributed by atoms with Crippen LogP contribution in [0.5, 0.6) is 0 Å². The summed E-state index contributed by atoms with van der Waals surface area (Å²) in [6.07, 6.45) is 5.99. The number of ether oxygens (including phenoxy) is 1. The Morgan fingerprint density at radius 3 is 2.50 bits per heavy atom. The van der Waals surface area contributed by atoms with Crippen LogP contribution in [0.25, 0.3) is 4.85 Å². The number of esters is 1. The van der Waals surface area contributed by atoms with Gasteiger partial charge in [0.2, 0.25) is 0 Å². The van der Waals surface area contributed by atoms with Crippen LogP contribution in [0.2, 0.25) is 0 Å². The summed E-state index contributed by atoms with van der Waals surface area (Å²) >= 11 is 3.10. The van der Waals surface area contributed by atoms with Crippen LogP contribution >= 0.6 is 15.9 Å². The Kier molecular flexibility index (Phi) is 8.34. The van der Waals surface area contributed by atoms with Crippen molar-refractivity contribution in [2.45, 2.75) is 39.0 Å². The van der Waals surface area contributed by atoms with E-state index in [2.05, 4.69) is 37.4 Å². The highest BCUT2D eigenvalue weighted by molar-refractivity contribution is 9.09. The first-order valence-corrected chi connectivity index (χ1v) is 8.37. The molecule has 0 radical (unpaired) electrons. The molecule has 2 saturated carbocycles. The third-order valence-electron chi connectivity index (χ3n) is 3.81. The van der Waals surface area contributed by atoms with Gasteiger partial charge in [0.25, 0.3) is 5.70 Å². The van der Waals surface area contributed by atoms with Gasteiger partial charge in [-0.25, -0.2) is 10.1 Å². The van der Waals surface area contributed by atoms with Gasteiger partial charge in [0.05, 0.1) is 18.0 Å². The van der Waals surface area contributed by atoms with E-state index in [1.54, 1.807) is 0 Å². The third-order valence-corrected chi connectivity index (χ3v) is 4.09. The average Bonchev–Trinajstić information content (AvgIpc) is 2.84. The highest BCUT2D eigenvalue weighted by atomic mass is 79.9. The Labute approximate surface area is 140 Å². The second-order valence-electron chi connectivity index (χ2n) is 5.40. The summed E-state index contributed by atoms with van der Waals surface area (Å²) in [5.74, 6) is 6.58. The molecule has 0 aromatic heterocycles. The zero-order chi connectivity index (χ0) is 16.4. The van der Waals surface area contributed by atoms with E-state index < -0.39 is 0 Å². The van der Waals surface area contributed by atoms with Crippen LogP contribution in [-0.4, -0.2) is 17.9 Å². The van der Waals surface area contributed by atoms with Crippen molar-refractivity contribution in [2.24, 2.45) is 11.8 Å². The fraction of sp³-hybridized carbons (Fsp3) is 0.588. The van der Waals surface area contributed by atoms with E-state index in [0.717, 1.165) is 30.3 Å². The van der Waals surface area contributed by atoms with Gasteiger partial charge in [-0.05, 0) is 43.9 Å². The van der Waals surface area contributed by atoms with Crippen molar-refractivity contribution in [1.82, 2.24) is 0 Å². The molecule has 0 aliphatic heterocycles. The average molecular weight is 363 g/mol. The van der Waals surface area contributed by atoms with Gasteiger partial charge in [-0.2, -0.15) is 0 Å². The fourth-order valence-electron chi connectivity index (χ4n) is 2.94. The highest BCUT2D eigenvalue weighted by Gasteiger charge is 2.32. The summed E-state index contributed by atoms with van der Waals surface area (Å²) < 4.78 is 4.51. The Balaban J connectivity index is 0.000000239. The van der Waals surface area contributed by atoms with E-state index in [0.29, 0.717) is 11.0 Å². The highest BCUT2D eigenvalue weighted by Crippen LogP contribution is 2.45. The topological polar surface area (TPSA) is 54.5 Å². The maximum absolute atomic E-state index is 10.1. The van der Waals surface area contributed by atoms with Crippen LogP contribution in [0.15, 0.2) is 11.3 Å². The molecule has 0 saturated heterocycles. The van der Waals surface area contributed by atoms with Gasteiger partial charge < -0.3 is 4.74 Å². The number of nitrogens with zero attached hydrogens (tertiary/aromatic N) is 2. The molecule has 5 heteroatoms. The van der Waals surface area contributed by atoms with Crippen LogP contribution in [0, 0.1) is 41.6 Å². The number of fused-ring (bicyclic) bond motifs is 2. The van der Waals surface area contributed by atoms with E-state index in [9.17, 15) is 4.79 Å². The molecule has 4 nitrogen and oxygen atoms in total. The molecular weight excluding hydrogens is 344 g/mol. The number of nitriles is 1. The van der Waals surface area contributed by atoms with Crippen molar-refractivity contribution in [2.75, 3.05) is 11.9 Å². The number of hydrogen-bond donors (Lipinski definition) is 0. The predicted octanol–water partition coefficient (Wildman–Crippen LogP) is 3.84. The molecule has 2 rings (SSSR count). The minimum atomic E-state index is -0.293. The van der Waals surface area contributed by atoms with Crippen LogP contribution in [0.1, 0.15) is 39.0 Å². The summed E-state index contributed by atoms with van der Waals surface area (Å²) in [6, 6.07) is 2.02. The number of carbonyl (C=O) groups excluding carboxylic acids is 1. The molecule has 2 atom stereocenters. The lowest BCUT2D eigenvalue weighted by Crippen LogP contribution is -2.08. The van der Waals surface area contributed by atoms with Crippen LogP contribution in [0.4, 0.5) is 0 Å². The van der Waals surface area contributed by atoms with Gasteiger partial charge >= 0.3 is 5.97 Å². The molecule has 2 fully saturated rings. The summed E-state index contributed by atoms with van der Waals surface area (Å²) in [5.41, 5.74) is 1.51. The lowest BCUT2D eigenvalue weighted by atomic mass is 9.84. The van der Waals surface area contributed by atoms with Crippen molar-refractivity contribution >= 4 is 21.9 Å². The summed E-state index contributed by atoms with van der Waals surface area (Å²) in [7, 11) is 0. The lowest BCUT2D eigenvalue weighted by Gasteiger charge is -2.21. The molecule has 0 N–H and O–H groups in total. The Hall–Kier alpha value is -1.77. The number of halogens is 1. The van der Waals surface area contributed by atoms with Gasteiger partial charge in [0.1, 0.15) is 0 Å². The molecule has 2 aliphatic rings. The molecular formula is C17H19BrN2O2. The number of carbonyl (C=O) groups is 1. The third kappa shape index (κ3) is 6.33. The normalized spacial score (nSPS) is 21.2. The van der Waals surface area contributed by atoms with E-state index in [4.69, 9.17) is 11.8 Å². The minimum absolute atomic E-state index is 0.195. The molecule has 0 heterocycles. The van der Waals surface area contributed by atoms with Crippen molar-refractivity contribution in [3.8, 4) is 17.9 Å². The maximum Gasteiger partial charge on any atom is 0.303 e. The second-order valence-corrected chi connectivity index (χ2v) is 5.96. The second kappa shape index (κ2) is 10.0. The predicted molar refractivity (Wildman–Crippen MR) is 87.5 cm³/mol. The quantitative estimate of drug-likeness (QED) is 0.234. The zero-order valence-corrected chi connectivity index (χ0v) is 14.3. The fourth-order valence-corrected chi connectivity index (χ4v) is 3.14. The largest absolute Gasteiger partial charge is 0.453 e. The standard InChI is InChI=1S/C11H12N2.C6H7BrO2/c1-13-11(7-12)10-5-8-2-3-9(4-8)6-10;1-6(8)9-5-3-2-4-7/h8-9H,2-6H2;4-5H2,1H3. The number of hydrogen-bond acceptors (Lipinski definition) is 3. The lowest BCUT2D eigenvalue weighted by molar-refractivity contribution is -0.139. The zero-order valence-electron chi connectivity index (χ0n) is 12.7. The maximum atomic E-state index is 10.1. The van der Waals surface area contributed by atoms with Gasteiger partial charge in [-0.15, -0.1) is 0 Å². The van der Waals surface area contributed by atoms with Gasteiger partial charge in [0, 0.05) is 6.92 Å². The number of alkyl halides is 1. The van der Waals surface area contributed by atoms with Crippen molar-refractivity contribution < 1.29 is 9.53 Å². The smallest absolute Gasteiger partial charge is 0.303 e. The van der Waals surface area contributed by atoms with E-state index in [1.165, 1.54) is 26.2 Å². The molecule has 2 bridgehead atoms. The summed E-state index contributed by atoms with van der Waals surface area (Å²) in [5, 5.41) is 9.37. The molecule has 116 valence electrons. The van der Waals surface area contributed by atoms with Crippen molar-refractivity contribution in [1.29, 1.82) is 5.26 Å². The summed E-state index contributed by atoms with van der Waals surface area (Å²) in [6.45, 7) is 8.45. The Bertz CT molecular complexity index is 542. The van der Waals surface area contributed by atoms with Crippen LogP contribution < -0.4 is 0 Å². The van der Waals surface area contributed by atoms with Crippen LogP contribution in [0.3, 0.4) is 0 Å². The molecule has 0 amide bonds. The molecule has 22 heavy (non-hydrogen) atoms. The molecule has 2 aliphatic carbocycles. The van der Waals surface area contributed by atoms with Crippen LogP contribution in [-0.2, 0) is 9.53 Å². The molecule has 0 aromatic rings. The number of allylic oxidation sites excluding steroid dienone is 2. The van der Waals surface area contributed by atoms with Gasteiger partial charge in [0.15, 0.2) is 6.61 Å². The van der Waals surface area contributed by atoms with E-state index in [1.807, 2.05) is 6.07 Å². The van der Waals surface area contributed by atoms with E-state index in [-0.39, 0.29) is 12.6 Å². The van der Waals surface area contributed by atoms with Crippen molar-refractivity contribution in [3.63, 3.8) is 0 Å². The first-order valence-electron chi connectivity index (χ1n) is 7.25. The Morgan fingerprint density at radius 2 is 2.05 bits per heavy atom. The molecule has 0 aromatic carbocycles. The summed E-state index contributed by atoms with van der Waals surface area (Å²) in [4.78, 5) is 13.4. The number of rotatable bonds is 1. The monoisotopic (exact) mass is 362 g/mol. The first kappa shape index (κ1) is 18.3. The van der Waals surface area contributed by atoms with Crippen molar-refractivity contribution in [3.05, 3.63) is 22.7 Å². The minimum Gasteiger partial charge on any atom is -0.453 e. The molecule has 2 unspecified atom stereocenters. The molecule has 0 spiro atoms. The Morgan fingerprint density at radius 1 is 1.41 bits per heavy atom.